The van der Waals surface area contributed by atoms with Gasteiger partial charge in [0.25, 0.3) is 0 Å². The van der Waals surface area contributed by atoms with Crippen LogP contribution in [0.5, 0.6) is 0 Å². The number of hydrogen-bond donors (Lipinski definition) is 1. The summed E-state index contributed by atoms with van der Waals surface area (Å²) < 4.78 is 1.97. The second-order valence-electron chi connectivity index (χ2n) is 4.26. The van der Waals surface area contributed by atoms with Gasteiger partial charge in [0.1, 0.15) is 0 Å². The molecule has 0 radical (unpaired) electrons. The van der Waals surface area contributed by atoms with E-state index in [4.69, 9.17) is 0 Å². The molecule has 98 valence electrons. The maximum absolute atomic E-state index is 4.25. The Morgan fingerprint density at radius 1 is 1.22 bits per heavy atom. The molecule has 3 nitrogen and oxygen atoms in total. The molecule has 1 aliphatic heterocycles. The standard InChI is InChI=1S/C13H15N3.2ClH/c1-16-13(6-7-15-16)12-9-14-8-10-4-2-3-5-11(10)12;;/h2-7,12,14H,8-9H2,1H3;2*1H. The molecule has 1 atom stereocenters. The van der Waals surface area contributed by atoms with Crippen molar-refractivity contribution in [3.63, 3.8) is 0 Å². The van der Waals surface area contributed by atoms with Crippen molar-refractivity contribution in [2.24, 2.45) is 7.05 Å². The molecule has 1 N–H and O–H groups in total. The molecule has 5 heteroatoms. The van der Waals surface area contributed by atoms with E-state index in [0.717, 1.165) is 13.1 Å². The first-order valence-electron chi connectivity index (χ1n) is 5.62. The van der Waals surface area contributed by atoms with Crippen molar-refractivity contribution in [3.8, 4) is 0 Å². The Morgan fingerprint density at radius 2 is 2.00 bits per heavy atom. The van der Waals surface area contributed by atoms with Gasteiger partial charge in [-0.25, -0.2) is 0 Å². The highest BCUT2D eigenvalue weighted by Gasteiger charge is 2.22. The fraction of sp³-hybridized carbons (Fsp3) is 0.308. The van der Waals surface area contributed by atoms with Gasteiger partial charge in [0.2, 0.25) is 0 Å². The van der Waals surface area contributed by atoms with Crippen molar-refractivity contribution in [2.45, 2.75) is 12.5 Å². The maximum atomic E-state index is 4.25. The zero-order valence-electron chi connectivity index (χ0n) is 10.2. The van der Waals surface area contributed by atoms with E-state index in [1.54, 1.807) is 0 Å². The van der Waals surface area contributed by atoms with E-state index in [1.807, 2.05) is 17.9 Å². The Bertz CT molecular complexity index is 510. The molecule has 2 aromatic rings. The third kappa shape index (κ3) is 2.53. The van der Waals surface area contributed by atoms with E-state index in [2.05, 4.69) is 40.7 Å². The molecule has 18 heavy (non-hydrogen) atoms. The van der Waals surface area contributed by atoms with Crippen molar-refractivity contribution < 1.29 is 0 Å². The van der Waals surface area contributed by atoms with E-state index in [-0.39, 0.29) is 24.8 Å². The molecular formula is C13H17Cl2N3. The van der Waals surface area contributed by atoms with Gasteiger partial charge in [-0.05, 0) is 17.2 Å². The summed E-state index contributed by atoms with van der Waals surface area (Å²) in [6.45, 7) is 1.97. The molecular weight excluding hydrogens is 269 g/mol. The van der Waals surface area contributed by atoms with Gasteiger partial charge in [0, 0.05) is 37.9 Å². The van der Waals surface area contributed by atoms with Crippen LogP contribution in [-0.4, -0.2) is 16.3 Å². The Morgan fingerprint density at radius 3 is 2.72 bits per heavy atom. The molecule has 3 rings (SSSR count). The van der Waals surface area contributed by atoms with Gasteiger partial charge in [-0.15, -0.1) is 24.8 Å². The molecule has 0 saturated carbocycles. The van der Waals surface area contributed by atoms with Crippen LogP contribution in [0.3, 0.4) is 0 Å². The van der Waals surface area contributed by atoms with Gasteiger partial charge in [-0.3, -0.25) is 4.68 Å². The van der Waals surface area contributed by atoms with E-state index < -0.39 is 0 Å². The lowest BCUT2D eigenvalue weighted by molar-refractivity contribution is 0.557. The van der Waals surface area contributed by atoms with E-state index in [9.17, 15) is 0 Å². The molecule has 0 fully saturated rings. The summed E-state index contributed by atoms with van der Waals surface area (Å²) in [4.78, 5) is 0. The number of nitrogens with one attached hydrogen (secondary N) is 1. The fourth-order valence-corrected chi connectivity index (χ4v) is 2.49. The van der Waals surface area contributed by atoms with Crippen LogP contribution in [0.25, 0.3) is 0 Å². The normalized spacial score (nSPS) is 17.3. The fourth-order valence-electron chi connectivity index (χ4n) is 2.49. The predicted molar refractivity (Wildman–Crippen MR) is 77.7 cm³/mol. The number of fused-ring (bicyclic) bond motifs is 1. The number of aryl methyl sites for hydroxylation is 1. The van der Waals surface area contributed by atoms with Gasteiger partial charge < -0.3 is 5.32 Å². The van der Waals surface area contributed by atoms with Crippen LogP contribution < -0.4 is 5.32 Å². The number of rotatable bonds is 1. The van der Waals surface area contributed by atoms with Crippen molar-refractivity contribution >= 4 is 24.8 Å². The van der Waals surface area contributed by atoms with Crippen molar-refractivity contribution in [2.75, 3.05) is 6.54 Å². The van der Waals surface area contributed by atoms with Crippen LogP contribution in [0, 0.1) is 0 Å². The average Bonchev–Trinajstić information content (AvgIpc) is 2.75. The largest absolute Gasteiger partial charge is 0.312 e. The topological polar surface area (TPSA) is 29.9 Å². The van der Waals surface area contributed by atoms with Crippen LogP contribution in [0.1, 0.15) is 22.7 Å². The Balaban J connectivity index is 0.000000810. The first kappa shape index (κ1) is 15.0. The molecule has 0 aliphatic carbocycles. The number of aromatic nitrogens is 2. The lowest BCUT2D eigenvalue weighted by Crippen LogP contribution is -2.29. The SMILES string of the molecule is Cl.Cl.Cn1nccc1C1CNCc2ccccc21. The average molecular weight is 286 g/mol. The Kier molecular flexibility index (Phi) is 5.20. The van der Waals surface area contributed by atoms with Gasteiger partial charge >= 0.3 is 0 Å². The van der Waals surface area contributed by atoms with Gasteiger partial charge in [0.05, 0.1) is 0 Å². The monoisotopic (exact) mass is 285 g/mol. The summed E-state index contributed by atoms with van der Waals surface area (Å²) in [7, 11) is 2.01. The Hall–Kier alpha value is -1.03. The molecule has 0 bridgehead atoms. The summed E-state index contributed by atoms with van der Waals surface area (Å²) in [6, 6.07) is 10.8. The van der Waals surface area contributed by atoms with Crippen LogP contribution in [0.2, 0.25) is 0 Å². The minimum absolute atomic E-state index is 0. The minimum atomic E-state index is 0. The molecule has 1 aromatic carbocycles. The van der Waals surface area contributed by atoms with Crippen LogP contribution >= 0.6 is 24.8 Å². The van der Waals surface area contributed by atoms with Crippen LogP contribution in [0.15, 0.2) is 36.5 Å². The van der Waals surface area contributed by atoms with Gasteiger partial charge in [-0.2, -0.15) is 5.10 Å². The highest BCUT2D eigenvalue weighted by Crippen LogP contribution is 2.29. The second-order valence-corrected chi connectivity index (χ2v) is 4.26. The van der Waals surface area contributed by atoms with E-state index in [0.29, 0.717) is 5.92 Å². The zero-order chi connectivity index (χ0) is 11.0. The van der Waals surface area contributed by atoms with Crippen molar-refractivity contribution in [3.05, 3.63) is 53.3 Å². The molecule has 1 unspecified atom stereocenters. The first-order chi connectivity index (χ1) is 7.86. The molecule has 2 heterocycles. The van der Waals surface area contributed by atoms with Gasteiger partial charge in [0.15, 0.2) is 0 Å². The predicted octanol–water partition coefficient (Wildman–Crippen LogP) is 2.50. The van der Waals surface area contributed by atoms with Crippen molar-refractivity contribution in [1.29, 1.82) is 0 Å². The second kappa shape index (κ2) is 6.23. The number of nitrogens with zero attached hydrogens (tertiary/aromatic N) is 2. The lowest BCUT2D eigenvalue weighted by Gasteiger charge is -2.26. The molecule has 1 aromatic heterocycles. The van der Waals surface area contributed by atoms with Gasteiger partial charge in [-0.1, -0.05) is 24.3 Å². The smallest absolute Gasteiger partial charge is 0.0492 e. The van der Waals surface area contributed by atoms with E-state index in [1.165, 1.54) is 16.8 Å². The molecule has 0 spiro atoms. The number of hydrogen-bond acceptors (Lipinski definition) is 2. The lowest BCUT2D eigenvalue weighted by atomic mass is 9.88. The number of benzene rings is 1. The molecule has 1 aliphatic rings. The third-order valence-electron chi connectivity index (χ3n) is 3.31. The number of halogens is 2. The first-order valence-corrected chi connectivity index (χ1v) is 5.62. The highest BCUT2D eigenvalue weighted by molar-refractivity contribution is 5.85. The minimum Gasteiger partial charge on any atom is -0.312 e. The summed E-state index contributed by atoms with van der Waals surface area (Å²) in [5, 5.41) is 7.72. The third-order valence-corrected chi connectivity index (χ3v) is 3.31. The summed E-state index contributed by atoms with van der Waals surface area (Å²) >= 11 is 0. The van der Waals surface area contributed by atoms with E-state index >= 15 is 0 Å². The summed E-state index contributed by atoms with van der Waals surface area (Å²) in [5.41, 5.74) is 4.12. The molecule has 0 saturated heterocycles. The maximum Gasteiger partial charge on any atom is 0.0492 e. The molecule has 0 amide bonds. The van der Waals surface area contributed by atoms with Crippen LogP contribution in [-0.2, 0) is 13.6 Å². The summed E-state index contributed by atoms with van der Waals surface area (Å²) in [6.07, 6.45) is 1.87. The zero-order valence-corrected chi connectivity index (χ0v) is 11.8. The summed E-state index contributed by atoms with van der Waals surface area (Å²) in [5.74, 6) is 0.428. The van der Waals surface area contributed by atoms with Crippen molar-refractivity contribution in [1.82, 2.24) is 15.1 Å². The quantitative estimate of drug-likeness (QED) is 0.873. The Labute approximate surface area is 119 Å². The highest BCUT2D eigenvalue weighted by atomic mass is 35.5. The van der Waals surface area contributed by atoms with Crippen LogP contribution in [0.4, 0.5) is 0 Å².